The summed E-state index contributed by atoms with van der Waals surface area (Å²) in [6, 6.07) is 16.1. The summed E-state index contributed by atoms with van der Waals surface area (Å²) in [6.07, 6.45) is 1.97. The number of hydrogen-bond donors (Lipinski definition) is 0. The Balaban J connectivity index is 1.67. The second-order valence-electron chi connectivity index (χ2n) is 6.62. The number of amides is 1. The number of aromatic nitrogens is 1. The molecule has 1 fully saturated rings. The van der Waals surface area contributed by atoms with Crippen molar-refractivity contribution in [3.05, 3.63) is 77.3 Å². The molecule has 4 nitrogen and oxygen atoms in total. The molecule has 0 unspecified atom stereocenters. The lowest BCUT2D eigenvalue weighted by molar-refractivity contribution is 0.0729. The number of carbonyl (C=O) groups is 1. The zero-order chi connectivity index (χ0) is 18.1. The van der Waals surface area contributed by atoms with Crippen LogP contribution in [0.2, 0.25) is 0 Å². The van der Waals surface area contributed by atoms with Gasteiger partial charge in [-0.1, -0.05) is 47.6 Å². The second-order valence-corrected chi connectivity index (χ2v) is 6.62. The molecule has 132 valence electrons. The molecule has 0 aliphatic heterocycles. The minimum absolute atomic E-state index is 0.0885. The normalized spacial score (nSPS) is 13.6. The minimum atomic E-state index is -0.278. The molecular weight excluding hydrogens is 331 g/mol. The average molecular weight is 350 g/mol. The van der Waals surface area contributed by atoms with Crippen molar-refractivity contribution in [3.8, 4) is 11.3 Å². The van der Waals surface area contributed by atoms with Crippen molar-refractivity contribution in [1.82, 2.24) is 10.1 Å². The van der Waals surface area contributed by atoms with E-state index >= 15 is 0 Å². The van der Waals surface area contributed by atoms with E-state index in [1.807, 2.05) is 35.2 Å². The molecule has 1 aromatic heterocycles. The molecule has 1 amide bonds. The minimum Gasteiger partial charge on any atom is -0.360 e. The molecular formula is C21H19FN2O2. The molecule has 2 aromatic carbocycles. The Morgan fingerprint density at radius 2 is 1.85 bits per heavy atom. The first kappa shape index (κ1) is 16.5. The molecule has 4 rings (SSSR count). The fourth-order valence-corrected chi connectivity index (χ4v) is 3.10. The molecule has 1 heterocycles. The Hall–Kier alpha value is -2.95. The molecule has 0 atom stereocenters. The Kier molecular flexibility index (Phi) is 4.29. The third kappa shape index (κ3) is 3.25. The van der Waals surface area contributed by atoms with Crippen molar-refractivity contribution in [2.24, 2.45) is 0 Å². The van der Waals surface area contributed by atoms with Crippen LogP contribution in [-0.2, 0) is 6.54 Å². The predicted molar refractivity (Wildman–Crippen MR) is 96.0 cm³/mol. The third-order valence-electron chi connectivity index (χ3n) is 4.64. The van der Waals surface area contributed by atoms with Crippen LogP contribution in [0.4, 0.5) is 4.39 Å². The maximum Gasteiger partial charge on any atom is 0.260 e. The highest BCUT2D eigenvalue weighted by Crippen LogP contribution is 2.33. The number of nitrogens with zero attached hydrogens (tertiary/aromatic N) is 2. The fourth-order valence-electron chi connectivity index (χ4n) is 3.10. The van der Waals surface area contributed by atoms with Crippen LogP contribution in [-0.4, -0.2) is 22.0 Å². The van der Waals surface area contributed by atoms with Gasteiger partial charge in [0.05, 0.1) is 0 Å². The molecule has 1 aliphatic rings. The number of benzene rings is 2. The van der Waals surface area contributed by atoms with Gasteiger partial charge < -0.3 is 9.42 Å². The maximum absolute atomic E-state index is 13.3. The smallest absolute Gasteiger partial charge is 0.260 e. The van der Waals surface area contributed by atoms with Crippen LogP contribution in [0.15, 0.2) is 59.1 Å². The lowest BCUT2D eigenvalue weighted by atomic mass is 10.0. The van der Waals surface area contributed by atoms with Crippen LogP contribution in [0.25, 0.3) is 11.3 Å². The first-order valence-corrected chi connectivity index (χ1v) is 8.70. The van der Waals surface area contributed by atoms with Crippen LogP contribution in [0, 0.1) is 12.7 Å². The largest absolute Gasteiger partial charge is 0.360 e. The summed E-state index contributed by atoms with van der Waals surface area (Å²) in [7, 11) is 0. The molecule has 0 spiro atoms. The molecule has 0 radical (unpaired) electrons. The number of carbonyl (C=O) groups excluding carboxylic acids is 1. The Morgan fingerprint density at radius 1 is 1.15 bits per heavy atom. The summed E-state index contributed by atoms with van der Waals surface area (Å²) >= 11 is 0. The van der Waals surface area contributed by atoms with E-state index in [9.17, 15) is 9.18 Å². The number of halogens is 1. The van der Waals surface area contributed by atoms with Crippen molar-refractivity contribution in [3.63, 3.8) is 0 Å². The van der Waals surface area contributed by atoms with Gasteiger partial charge in [-0.15, -0.1) is 0 Å². The lowest BCUT2D eigenvalue weighted by Gasteiger charge is -2.22. The van der Waals surface area contributed by atoms with Crippen molar-refractivity contribution in [2.45, 2.75) is 32.4 Å². The number of rotatable bonds is 5. The summed E-state index contributed by atoms with van der Waals surface area (Å²) in [5, 5.41) is 4.12. The topological polar surface area (TPSA) is 46.3 Å². The van der Waals surface area contributed by atoms with E-state index in [4.69, 9.17) is 4.52 Å². The van der Waals surface area contributed by atoms with E-state index in [-0.39, 0.29) is 17.8 Å². The zero-order valence-corrected chi connectivity index (χ0v) is 14.5. The summed E-state index contributed by atoms with van der Waals surface area (Å²) in [4.78, 5) is 15.2. The number of hydrogen-bond acceptors (Lipinski definition) is 3. The Morgan fingerprint density at radius 3 is 2.50 bits per heavy atom. The summed E-state index contributed by atoms with van der Waals surface area (Å²) < 4.78 is 18.5. The first-order valence-electron chi connectivity index (χ1n) is 8.70. The highest BCUT2D eigenvalue weighted by molar-refractivity contribution is 6.01. The van der Waals surface area contributed by atoms with Gasteiger partial charge in [0.25, 0.3) is 5.91 Å². The van der Waals surface area contributed by atoms with E-state index in [1.54, 1.807) is 19.1 Å². The molecule has 26 heavy (non-hydrogen) atoms. The van der Waals surface area contributed by atoms with Crippen LogP contribution >= 0.6 is 0 Å². The van der Waals surface area contributed by atoms with Gasteiger partial charge in [-0.2, -0.15) is 0 Å². The van der Waals surface area contributed by atoms with Crippen molar-refractivity contribution >= 4 is 5.91 Å². The van der Waals surface area contributed by atoms with E-state index in [0.717, 1.165) is 24.0 Å². The van der Waals surface area contributed by atoms with Gasteiger partial charge in [-0.3, -0.25) is 4.79 Å². The first-order chi connectivity index (χ1) is 12.6. The fraction of sp³-hybridized carbons (Fsp3) is 0.238. The van der Waals surface area contributed by atoms with Gasteiger partial charge in [0.15, 0.2) is 0 Å². The van der Waals surface area contributed by atoms with Gasteiger partial charge in [-0.25, -0.2) is 4.39 Å². The monoisotopic (exact) mass is 350 g/mol. The van der Waals surface area contributed by atoms with Crippen LogP contribution < -0.4 is 0 Å². The molecule has 1 aliphatic carbocycles. The Bertz CT molecular complexity index is 915. The van der Waals surface area contributed by atoms with E-state index in [1.165, 1.54) is 12.1 Å². The van der Waals surface area contributed by atoms with Crippen LogP contribution in [0.1, 0.15) is 34.5 Å². The summed E-state index contributed by atoms with van der Waals surface area (Å²) in [5.74, 6) is 0.146. The summed E-state index contributed by atoms with van der Waals surface area (Å²) in [5.41, 5.74) is 2.83. The molecule has 0 bridgehead atoms. The van der Waals surface area contributed by atoms with Crippen molar-refractivity contribution in [2.75, 3.05) is 0 Å². The zero-order valence-electron chi connectivity index (χ0n) is 14.5. The standard InChI is InChI=1S/C21H19FN2O2/c1-14-19(20(23-26-14)16-5-3-2-4-6-16)21(25)24(18-11-12-18)13-15-7-9-17(22)10-8-15/h2-10,18H,11-13H2,1H3. The van der Waals surface area contributed by atoms with Crippen molar-refractivity contribution < 1.29 is 13.7 Å². The summed E-state index contributed by atoms with van der Waals surface area (Å²) in [6.45, 7) is 2.21. The quantitative estimate of drug-likeness (QED) is 0.676. The Labute approximate surface area is 151 Å². The van der Waals surface area contributed by atoms with Gasteiger partial charge in [0.2, 0.25) is 0 Å². The van der Waals surface area contributed by atoms with E-state index in [2.05, 4.69) is 5.16 Å². The average Bonchev–Trinajstić information content (AvgIpc) is 3.43. The van der Waals surface area contributed by atoms with Gasteiger partial charge in [0, 0.05) is 18.2 Å². The molecule has 0 N–H and O–H groups in total. The van der Waals surface area contributed by atoms with E-state index < -0.39 is 0 Å². The molecule has 0 saturated heterocycles. The third-order valence-corrected chi connectivity index (χ3v) is 4.64. The lowest BCUT2D eigenvalue weighted by Crippen LogP contribution is -2.33. The van der Waals surface area contributed by atoms with E-state index in [0.29, 0.717) is 23.6 Å². The van der Waals surface area contributed by atoms with Gasteiger partial charge in [0.1, 0.15) is 22.8 Å². The molecule has 3 aromatic rings. The van der Waals surface area contributed by atoms with Crippen LogP contribution in [0.3, 0.4) is 0 Å². The SMILES string of the molecule is Cc1onc(-c2ccccc2)c1C(=O)N(Cc1ccc(F)cc1)C1CC1. The molecule has 5 heteroatoms. The molecule has 1 saturated carbocycles. The van der Waals surface area contributed by atoms with Gasteiger partial charge >= 0.3 is 0 Å². The highest BCUT2D eigenvalue weighted by atomic mass is 19.1. The maximum atomic E-state index is 13.3. The van der Waals surface area contributed by atoms with Crippen molar-refractivity contribution in [1.29, 1.82) is 0 Å². The second kappa shape index (κ2) is 6.75. The van der Waals surface area contributed by atoms with Gasteiger partial charge in [-0.05, 0) is 37.5 Å². The highest BCUT2D eigenvalue weighted by Gasteiger charge is 2.36. The van der Waals surface area contributed by atoms with Crippen LogP contribution in [0.5, 0.6) is 0 Å². The predicted octanol–water partition coefficient (Wildman–Crippen LogP) is 4.59. The number of aryl methyl sites for hydroxylation is 1.